The number of hydrogen-bond donors (Lipinski definition) is 3. The summed E-state index contributed by atoms with van der Waals surface area (Å²) in [5, 5.41) is 7.09. The van der Waals surface area contributed by atoms with Crippen molar-refractivity contribution in [2.75, 3.05) is 5.73 Å². The van der Waals surface area contributed by atoms with Crippen LogP contribution in [0.3, 0.4) is 0 Å². The molecule has 3 aromatic heterocycles. The number of amides is 1. The Labute approximate surface area is 154 Å². The number of hydrogen-bond acceptors (Lipinski definition) is 5. The van der Waals surface area contributed by atoms with E-state index in [4.69, 9.17) is 5.73 Å². The lowest BCUT2D eigenvalue weighted by Gasteiger charge is -2.08. The second-order valence-corrected chi connectivity index (χ2v) is 6.15. The number of nitrogens with one attached hydrogen (secondary N) is 2. The van der Waals surface area contributed by atoms with Crippen molar-refractivity contribution in [2.24, 2.45) is 0 Å². The first-order valence-electron chi connectivity index (χ1n) is 8.44. The summed E-state index contributed by atoms with van der Waals surface area (Å²) in [7, 11) is 0. The number of nitrogens with two attached hydrogens (primary N) is 1. The van der Waals surface area contributed by atoms with Crippen LogP contribution in [0.1, 0.15) is 29.7 Å². The van der Waals surface area contributed by atoms with Crippen molar-refractivity contribution in [3.8, 4) is 11.8 Å². The van der Waals surface area contributed by atoms with E-state index in [2.05, 4.69) is 37.2 Å². The zero-order valence-electron chi connectivity index (χ0n) is 14.6. The number of carbonyl (C=O) groups is 1. The van der Waals surface area contributed by atoms with E-state index < -0.39 is 0 Å². The third-order valence-electron chi connectivity index (χ3n) is 4.04. The lowest BCUT2D eigenvalue weighted by Crippen LogP contribution is -2.32. The highest BCUT2D eigenvalue weighted by Crippen LogP contribution is 2.11. The molecule has 8 heteroatoms. The lowest BCUT2D eigenvalue weighted by molar-refractivity contribution is 0.0931. The van der Waals surface area contributed by atoms with Crippen LogP contribution in [0.5, 0.6) is 0 Å². The summed E-state index contributed by atoms with van der Waals surface area (Å²) in [6, 6.07) is 9.05. The fourth-order valence-electron chi connectivity index (χ4n) is 2.70. The maximum atomic E-state index is 12.3. The van der Waals surface area contributed by atoms with Crippen LogP contribution in [0.2, 0.25) is 0 Å². The molecule has 0 saturated carbocycles. The van der Waals surface area contributed by atoms with Gasteiger partial charge in [-0.1, -0.05) is 18.1 Å². The summed E-state index contributed by atoms with van der Waals surface area (Å²) in [4.78, 5) is 23.9. The van der Waals surface area contributed by atoms with Crippen LogP contribution in [0, 0.1) is 11.8 Å². The van der Waals surface area contributed by atoms with Gasteiger partial charge in [0.25, 0.3) is 5.91 Å². The Hall–Kier alpha value is -3.86. The Morgan fingerprint density at radius 3 is 3.07 bits per heavy atom. The van der Waals surface area contributed by atoms with Gasteiger partial charge in [-0.15, -0.1) is 0 Å². The van der Waals surface area contributed by atoms with Crippen LogP contribution in [-0.2, 0) is 0 Å². The van der Waals surface area contributed by atoms with E-state index in [9.17, 15) is 4.79 Å². The fraction of sp³-hybridized carbons (Fsp3) is 0.158. The molecule has 0 bridgehead atoms. The number of para-hydroxylation sites is 2. The highest BCUT2D eigenvalue weighted by Gasteiger charge is 2.13. The number of imidazole rings is 2. The topological polar surface area (TPSA) is 114 Å². The third kappa shape index (κ3) is 3.30. The SMILES string of the molecule is C[C@@H](CC#Cc1cnc2c(N)ccnn12)NC(=O)c1nc2ccccc2[nH]1. The molecule has 134 valence electrons. The number of aromatic nitrogens is 5. The number of carbonyl (C=O) groups excluding carboxylic acids is 1. The minimum absolute atomic E-state index is 0.143. The molecule has 0 saturated heterocycles. The summed E-state index contributed by atoms with van der Waals surface area (Å²) in [5.41, 5.74) is 9.21. The molecule has 1 amide bonds. The number of aromatic amines is 1. The van der Waals surface area contributed by atoms with Gasteiger partial charge in [-0.05, 0) is 31.0 Å². The van der Waals surface area contributed by atoms with Gasteiger partial charge >= 0.3 is 0 Å². The quantitative estimate of drug-likeness (QED) is 0.482. The highest BCUT2D eigenvalue weighted by molar-refractivity contribution is 5.94. The molecule has 1 atom stereocenters. The molecular weight excluding hydrogens is 342 g/mol. The maximum Gasteiger partial charge on any atom is 0.287 e. The van der Waals surface area contributed by atoms with Crippen LogP contribution in [0.4, 0.5) is 5.69 Å². The van der Waals surface area contributed by atoms with Gasteiger partial charge in [0.2, 0.25) is 0 Å². The normalized spacial score (nSPS) is 11.9. The van der Waals surface area contributed by atoms with E-state index >= 15 is 0 Å². The van der Waals surface area contributed by atoms with Crippen molar-refractivity contribution in [2.45, 2.75) is 19.4 Å². The van der Waals surface area contributed by atoms with E-state index in [1.807, 2.05) is 31.2 Å². The van der Waals surface area contributed by atoms with Crippen molar-refractivity contribution in [1.82, 2.24) is 29.9 Å². The van der Waals surface area contributed by atoms with Crippen LogP contribution in [0.15, 0.2) is 42.7 Å². The Balaban J connectivity index is 1.42. The molecule has 3 heterocycles. The first-order chi connectivity index (χ1) is 13.1. The molecular formula is C19H17N7O. The monoisotopic (exact) mass is 359 g/mol. The number of H-pyrrole nitrogens is 1. The van der Waals surface area contributed by atoms with Crippen molar-refractivity contribution in [3.05, 3.63) is 54.2 Å². The van der Waals surface area contributed by atoms with Crippen molar-refractivity contribution < 1.29 is 4.79 Å². The zero-order chi connectivity index (χ0) is 18.8. The molecule has 1 aromatic carbocycles. The molecule has 8 nitrogen and oxygen atoms in total. The molecule has 4 aromatic rings. The summed E-state index contributed by atoms with van der Waals surface area (Å²) in [6.07, 6.45) is 3.70. The second kappa shape index (κ2) is 6.80. The summed E-state index contributed by atoms with van der Waals surface area (Å²) >= 11 is 0. The minimum atomic E-state index is -0.259. The molecule has 0 unspecified atom stereocenters. The van der Waals surface area contributed by atoms with Crippen LogP contribution < -0.4 is 11.1 Å². The van der Waals surface area contributed by atoms with Crippen LogP contribution in [0.25, 0.3) is 16.7 Å². The van der Waals surface area contributed by atoms with E-state index in [0.717, 1.165) is 11.0 Å². The fourth-order valence-corrected chi connectivity index (χ4v) is 2.70. The average Bonchev–Trinajstić information content (AvgIpc) is 3.27. The van der Waals surface area contributed by atoms with Crippen LogP contribution in [-0.4, -0.2) is 36.5 Å². The van der Waals surface area contributed by atoms with E-state index in [1.165, 1.54) is 0 Å². The molecule has 4 rings (SSSR count). The van der Waals surface area contributed by atoms with Crippen molar-refractivity contribution >= 4 is 28.3 Å². The number of fused-ring (bicyclic) bond motifs is 2. The molecule has 0 radical (unpaired) electrons. The van der Waals surface area contributed by atoms with Gasteiger partial charge in [-0.25, -0.2) is 14.5 Å². The largest absolute Gasteiger partial charge is 0.396 e. The van der Waals surface area contributed by atoms with Gasteiger partial charge in [0.05, 0.1) is 29.1 Å². The van der Waals surface area contributed by atoms with Crippen LogP contribution >= 0.6 is 0 Å². The molecule has 4 N–H and O–H groups in total. The molecule has 0 aliphatic carbocycles. The maximum absolute atomic E-state index is 12.3. The Bertz CT molecular complexity index is 1160. The van der Waals surface area contributed by atoms with Crippen molar-refractivity contribution in [3.63, 3.8) is 0 Å². The molecule has 27 heavy (non-hydrogen) atoms. The van der Waals surface area contributed by atoms with Gasteiger partial charge in [-0.3, -0.25) is 4.79 Å². The zero-order valence-corrected chi connectivity index (χ0v) is 14.6. The number of rotatable bonds is 3. The Morgan fingerprint density at radius 1 is 1.37 bits per heavy atom. The molecule has 0 fully saturated rings. The number of nitrogen functional groups attached to an aromatic ring is 1. The third-order valence-corrected chi connectivity index (χ3v) is 4.04. The van der Waals surface area contributed by atoms with Gasteiger partial charge < -0.3 is 16.0 Å². The predicted molar refractivity (Wildman–Crippen MR) is 102 cm³/mol. The minimum Gasteiger partial charge on any atom is -0.396 e. The smallest absolute Gasteiger partial charge is 0.287 e. The molecule has 0 aliphatic rings. The Kier molecular flexibility index (Phi) is 4.18. The van der Waals surface area contributed by atoms with Gasteiger partial charge in [-0.2, -0.15) is 5.10 Å². The first-order valence-corrected chi connectivity index (χ1v) is 8.44. The van der Waals surface area contributed by atoms with Crippen molar-refractivity contribution in [1.29, 1.82) is 0 Å². The molecule has 0 aliphatic heterocycles. The number of nitrogens with zero attached hydrogens (tertiary/aromatic N) is 4. The predicted octanol–water partition coefficient (Wildman–Crippen LogP) is 1.75. The van der Waals surface area contributed by atoms with Gasteiger partial charge in [0, 0.05) is 12.5 Å². The Morgan fingerprint density at radius 2 is 2.22 bits per heavy atom. The summed E-state index contributed by atoms with van der Waals surface area (Å²) < 4.78 is 1.60. The highest BCUT2D eigenvalue weighted by atomic mass is 16.2. The first kappa shape index (κ1) is 16.6. The lowest BCUT2D eigenvalue weighted by atomic mass is 10.2. The summed E-state index contributed by atoms with van der Waals surface area (Å²) in [6.45, 7) is 1.89. The number of anilines is 1. The van der Waals surface area contributed by atoms with E-state index in [0.29, 0.717) is 23.4 Å². The van der Waals surface area contributed by atoms with E-state index in [1.54, 1.807) is 23.0 Å². The van der Waals surface area contributed by atoms with E-state index in [-0.39, 0.29) is 17.8 Å². The summed E-state index contributed by atoms with van der Waals surface area (Å²) in [5.74, 6) is 6.09. The van der Waals surface area contributed by atoms with Gasteiger partial charge in [0.15, 0.2) is 11.5 Å². The van der Waals surface area contributed by atoms with Gasteiger partial charge in [0.1, 0.15) is 5.69 Å². The average molecular weight is 359 g/mol. The second-order valence-electron chi connectivity index (χ2n) is 6.15. The standard InChI is InChI=1S/C19H17N7O/c1-12(23-19(27)17-24-15-7-2-3-8-16(15)25-17)5-4-6-13-11-21-18-14(20)9-10-22-26(13)18/h2-3,7-12H,5,20H2,1H3,(H,23,27)(H,24,25)/t12-/m0/s1. The number of benzene rings is 1. The molecule has 0 spiro atoms.